The molecule has 1 aromatic carbocycles. The Morgan fingerprint density at radius 3 is 2.70 bits per heavy atom. The highest BCUT2D eigenvalue weighted by Gasteiger charge is 2.33. The van der Waals surface area contributed by atoms with Gasteiger partial charge in [0.25, 0.3) is 0 Å². The monoisotopic (exact) mass is 273 g/mol. The minimum Gasteiger partial charge on any atom is -0.399 e. The first-order valence-corrected chi connectivity index (χ1v) is 8.05. The summed E-state index contributed by atoms with van der Waals surface area (Å²) >= 11 is 0. The molecule has 2 fully saturated rings. The van der Waals surface area contributed by atoms with Crippen LogP contribution in [0.1, 0.15) is 44.1 Å². The van der Waals surface area contributed by atoms with Gasteiger partial charge in [0.05, 0.1) is 0 Å². The van der Waals surface area contributed by atoms with Crippen LogP contribution in [0.3, 0.4) is 0 Å². The third-order valence-corrected chi connectivity index (χ3v) is 4.80. The Bertz CT molecular complexity index is 424. The van der Waals surface area contributed by atoms with Gasteiger partial charge in [-0.3, -0.25) is 4.90 Å². The van der Waals surface area contributed by atoms with Crippen LogP contribution in [0.5, 0.6) is 0 Å². The first kappa shape index (κ1) is 13.9. The molecule has 2 unspecified atom stereocenters. The molecule has 3 N–H and O–H groups in total. The molecule has 0 aromatic heterocycles. The second kappa shape index (κ2) is 6.15. The van der Waals surface area contributed by atoms with Crippen molar-refractivity contribution in [2.45, 2.75) is 50.6 Å². The summed E-state index contributed by atoms with van der Waals surface area (Å²) in [4.78, 5) is 2.67. The third-order valence-electron chi connectivity index (χ3n) is 4.80. The Labute approximate surface area is 122 Å². The zero-order valence-corrected chi connectivity index (χ0v) is 12.5. The molecular weight excluding hydrogens is 246 g/mol. The smallest absolute Gasteiger partial charge is 0.0314 e. The Morgan fingerprint density at radius 1 is 1.25 bits per heavy atom. The highest BCUT2D eigenvalue weighted by Crippen LogP contribution is 2.29. The Kier molecular flexibility index (Phi) is 4.27. The number of benzene rings is 1. The van der Waals surface area contributed by atoms with E-state index in [1.807, 2.05) is 12.1 Å². The molecule has 110 valence electrons. The van der Waals surface area contributed by atoms with Crippen LogP contribution in [-0.4, -0.2) is 36.6 Å². The van der Waals surface area contributed by atoms with Crippen molar-refractivity contribution in [2.75, 3.05) is 25.4 Å². The van der Waals surface area contributed by atoms with E-state index in [0.717, 1.165) is 18.3 Å². The van der Waals surface area contributed by atoms with E-state index in [9.17, 15) is 0 Å². The van der Waals surface area contributed by atoms with Gasteiger partial charge in [-0.2, -0.15) is 0 Å². The normalized spacial score (nSPS) is 24.9. The largest absolute Gasteiger partial charge is 0.399 e. The summed E-state index contributed by atoms with van der Waals surface area (Å²) in [6.07, 6.45) is 5.39. The minimum absolute atomic E-state index is 0.601. The molecule has 1 heterocycles. The van der Waals surface area contributed by atoms with Crippen molar-refractivity contribution in [3.8, 4) is 0 Å². The van der Waals surface area contributed by atoms with Crippen LogP contribution >= 0.6 is 0 Å². The van der Waals surface area contributed by atoms with Gasteiger partial charge < -0.3 is 11.1 Å². The van der Waals surface area contributed by atoms with E-state index >= 15 is 0 Å². The van der Waals surface area contributed by atoms with Crippen LogP contribution in [0.25, 0.3) is 0 Å². The number of nitrogen functional groups attached to an aromatic ring is 1. The minimum atomic E-state index is 0.601. The molecule has 0 bridgehead atoms. The quantitative estimate of drug-likeness (QED) is 0.783. The SMILES string of the molecule is CC(CCNC1CCN(C2CC2)C1)c1ccc(N)cc1. The van der Waals surface area contributed by atoms with Crippen LogP contribution in [-0.2, 0) is 0 Å². The summed E-state index contributed by atoms with van der Waals surface area (Å²) in [5.41, 5.74) is 7.98. The molecule has 0 radical (unpaired) electrons. The van der Waals surface area contributed by atoms with Crippen molar-refractivity contribution in [3.63, 3.8) is 0 Å². The van der Waals surface area contributed by atoms with E-state index < -0.39 is 0 Å². The number of nitrogens with one attached hydrogen (secondary N) is 1. The maximum atomic E-state index is 5.74. The molecule has 1 saturated carbocycles. The summed E-state index contributed by atoms with van der Waals surface area (Å²) in [6, 6.07) is 9.96. The van der Waals surface area contributed by atoms with Gasteiger partial charge in [0.1, 0.15) is 0 Å². The van der Waals surface area contributed by atoms with E-state index in [-0.39, 0.29) is 0 Å². The maximum Gasteiger partial charge on any atom is 0.0314 e. The van der Waals surface area contributed by atoms with E-state index in [1.165, 1.54) is 44.3 Å². The molecule has 0 amide bonds. The first-order valence-electron chi connectivity index (χ1n) is 8.05. The predicted octanol–water partition coefficient (Wildman–Crippen LogP) is 2.59. The Balaban J connectivity index is 1.38. The summed E-state index contributed by atoms with van der Waals surface area (Å²) in [6.45, 7) is 5.99. The van der Waals surface area contributed by atoms with Crippen LogP contribution in [0.4, 0.5) is 5.69 Å². The topological polar surface area (TPSA) is 41.3 Å². The average Bonchev–Trinajstić information content (AvgIpc) is 3.20. The van der Waals surface area contributed by atoms with Gasteiger partial charge in [-0.15, -0.1) is 0 Å². The molecule has 1 saturated heterocycles. The Morgan fingerprint density at radius 2 is 2.00 bits per heavy atom. The maximum absolute atomic E-state index is 5.74. The van der Waals surface area contributed by atoms with Gasteiger partial charge in [-0.05, 0) is 55.8 Å². The molecular formula is C17H27N3. The average molecular weight is 273 g/mol. The lowest BCUT2D eigenvalue weighted by Gasteiger charge is -2.17. The summed E-state index contributed by atoms with van der Waals surface area (Å²) in [5, 5.41) is 3.74. The van der Waals surface area contributed by atoms with Crippen molar-refractivity contribution >= 4 is 5.69 Å². The zero-order chi connectivity index (χ0) is 13.9. The fraction of sp³-hybridized carbons (Fsp3) is 0.647. The second-order valence-corrected chi connectivity index (χ2v) is 6.52. The van der Waals surface area contributed by atoms with Crippen molar-refractivity contribution in [1.82, 2.24) is 10.2 Å². The lowest BCUT2D eigenvalue weighted by atomic mass is 9.97. The van der Waals surface area contributed by atoms with E-state index in [4.69, 9.17) is 5.73 Å². The number of rotatable bonds is 6. The fourth-order valence-corrected chi connectivity index (χ4v) is 3.22. The zero-order valence-electron chi connectivity index (χ0n) is 12.5. The van der Waals surface area contributed by atoms with E-state index in [1.54, 1.807) is 0 Å². The van der Waals surface area contributed by atoms with Crippen LogP contribution < -0.4 is 11.1 Å². The van der Waals surface area contributed by atoms with E-state index in [0.29, 0.717) is 12.0 Å². The molecule has 3 nitrogen and oxygen atoms in total. The van der Waals surface area contributed by atoms with Gasteiger partial charge in [0.15, 0.2) is 0 Å². The number of hydrogen-bond acceptors (Lipinski definition) is 3. The molecule has 1 aromatic rings. The standard InChI is InChI=1S/C17H27N3/c1-13(14-2-4-15(18)5-3-14)8-10-19-16-9-11-20(12-16)17-6-7-17/h2-5,13,16-17,19H,6-12,18H2,1H3. The number of nitrogens with zero attached hydrogens (tertiary/aromatic N) is 1. The van der Waals surface area contributed by atoms with Crippen LogP contribution in [0.2, 0.25) is 0 Å². The molecule has 0 spiro atoms. The summed E-state index contributed by atoms with van der Waals surface area (Å²) < 4.78 is 0. The van der Waals surface area contributed by atoms with Crippen molar-refractivity contribution in [3.05, 3.63) is 29.8 Å². The van der Waals surface area contributed by atoms with Gasteiger partial charge in [0.2, 0.25) is 0 Å². The summed E-state index contributed by atoms with van der Waals surface area (Å²) in [7, 11) is 0. The van der Waals surface area contributed by atoms with Gasteiger partial charge in [0, 0.05) is 30.9 Å². The highest BCUT2D eigenvalue weighted by molar-refractivity contribution is 5.40. The van der Waals surface area contributed by atoms with E-state index in [2.05, 4.69) is 29.3 Å². The molecule has 2 aliphatic rings. The van der Waals surface area contributed by atoms with Crippen LogP contribution in [0.15, 0.2) is 24.3 Å². The molecule has 1 aliphatic heterocycles. The predicted molar refractivity (Wildman–Crippen MR) is 84.9 cm³/mol. The number of hydrogen-bond donors (Lipinski definition) is 2. The van der Waals surface area contributed by atoms with Crippen LogP contribution in [0, 0.1) is 0 Å². The lowest BCUT2D eigenvalue weighted by Crippen LogP contribution is -2.34. The van der Waals surface area contributed by atoms with Gasteiger partial charge in [-0.1, -0.05) is 19.1 Å². The lowest BCUT2D eigenvalue weighted by molar-refractivity contribution is 0.317. The number of anilines is 1. The Hall–Kier alpha value is -1.06. The van der Waals surface area contributed by atoms with Gasteiger partial charge >= 0.3 is 0 Å². The molecule has 3 heteroatoms. The van der Waals surface area contributed by atoms with Gasteiger partial charge in [-0.25, -0.2) is 0 Å². The number of nitrogens with two attached hydrogens (primary N) is 1. The third kappa shape index (κ3) is 3.53. The second-order valence-electron chi connectivity index (χ2n) is 6.52. The first-order chi connectivity index (χ1) is 9.72. The van der Waals surface area contributed by atoms with Crippen molar-refractivity contribution in [2.24, 2.45) is 0 Å². The molecule has 20 heavy (non-hydrogen) atoms. The highest BCUT2D eigenvalue weighted by atomic mass is 15.2. The fourth-order valence-electron chi connectivity index (χ4n) is 3.22. The molecule has 3 rings (SSSR count). The van der Waals surface area contributed by atoms with Crippen molar-refractivity contribution < 1.29 is 0 Å². The molecule has 1 aliphatic carbocycles. The number of likely N-dealkylation sites (tertiary alicyclic amines) is 1. The molecule has 2 atom stereocenters. The van der Waals surface area contributed by atoms with Crippen molar-refractivity contribution in [1.29, 1.82) is 0 Å². The summed E-state index contributed by atoms with van der Waals surface area (Å²) in [5.74, 6) is 0.601.